The fraction of sp³-hybridized carbons (Fsp3) is 0. The predicted molar refractivity (Wildman–Crippen MR) is 32.1 cm³/mol. The zero-order chi connectivity index (χ0) is 6.69. The molecule has 9 heavy (non-hydrogen) atoms. The van der Waals surface area contributed by atoms with Crippen LogP contribution in [0.5, 0.6) is 0 Å². The average Bonchev–Trinajstić information content (AvgIpc) is 1.90. The number of hydrogen-bond acceptors (Lipinski definition) is 2. The van der Waals surface area contributed by atoms with Crippen LogP contribution in [0.2, 0.25) is 0 Å². The van der Waals surface area contributed by atoms with Crippen molar-refractivity contribution >= 4 is 6.08 Å². The van der Waals surface area contributed by atoms with Gasteiger partial charge in [0, 0.05) is 0 Å². The zero-order valence-corrected chi connectivity index (χ0v) is 4.71. The molecule has 0 aromatic carbocycles. The molecule has 1 heterocycles. The molecule has 0 saturated carbocycles. The van der Waals surface area contributed by atoms with Crippen LogP contribution < -0.4 is 0 Å². The van der Waals surface area contributed by atoms with E-state index in [2.05, 4.69) is 16.5 Å². The zero-order valence-electron chi connectivity index (χ0n) is 4.71. The lowest BCUT2D eigenvalue weighted by molar-refractivity contribution is 0.576. The molecule has 0 atom stereocenters. The summed E-state index contributed by atoms with van der Waals surface area (Å²) in [5.74, 6) is -0.569. The van der Waals surface area contributed by atoms with Crippen LogP contribution >= 0.6 is 0 Å². The fourth-order valence-electron chi connectivity index (χ4n) is 0.428. The third-order valence-electron chi connectivity index (χ3n) is 0.849. The Morgan fingerprint density at radius 3 is 2.67 bits per heavy atom. The molecule has 0 saturated heterocycles. The van der Waals surface area contributed by atoms with Crippen molar-refractivity contribution in [3.05, 3.63) is 30.6 Å². The van der Waals surface area contributed by atoms with E-state index in [1.807, 2.05) is 0 Å². The second-order valence-electron chi connectivity index (χ2n) is 1.47. The summed E-state index contributed by atoms with van der Waals surface area (Å²) in [6, 6.07) is 0. The highest BCUT2D eigenvalue weighted by molar-refractivity contribution is 5.38. The molecule has 0 aliphatic heterocycles. The molecule has 0 aliphatic rings. The Hall–Kier alpha value is -1.25. The van der Waals surface area contributed by atoms with Gasteiger partial charge in [0.1, 0.15) is 0 Å². The lowest BCUT2D eigenvalue weighted by atomic mass is 10.4. The van der Waals surface area contributed by atoms with Gasteiger partial charge in [0.25, 0.3) is 0 Å². The van der Waals surface area contributed by atoms with Gasteiger partial charge in [-0.05, 0) is 6.08 Å². The van der Waals surface area contributed by atoms with E-state index in [1.54, 1.807) is 0 Å². The van der Waals surface area contributed by atoms with E-state index in [4.69, 9.17) is 0 Å². The molecule has 0 radical (unpaired) electrons. The van der Waals surface area contributed by atoms with Crippen LogP contribution in [0.25, 0.3) is 6.08 Å². The summed E-state index contributed by atoms with van der Waals surface area (Å²) >= 11 is 0. The van der Waals surface area contributed by atoms with Gasteiger partial charge < -0.3 is 0 Å². The second-order valence-corrected chi connectivity index (χ2v) is 1.47. The van der Waals surface area contributed by atoms with Gasteiger partial charge in [-0.1, -0.05) is 6.58 Å². The van der Waals surface area contributed by atoms with E-state index in [9.17, 15) is 4.39 Å². The van der Waals surface area contributed by atoms with Crippen LogP contribution in [0.4, 0.5) is 4.39 Å². The van der Waals surface area contributed by atoms with Crippen LogP contribution in [0.3, 0.4) is 0 Å². The minimum Gasteiger partial charge on any atom is -0.251 e. The monoisotopic (exact) mass is 124 g/mol. The fourth-order valence-corrected chi connectivity index (χ4v) is 0.428. The molecule has 0 amide bonds. The summed E-state index contributed by atoms with van der Waals surface area (Å²) in [4.78, 5) is 6.99. The van der Waals surface area contributed by atoms with E-state index >= 15 is 0 Å². The van der Waals surface area contributed by atoms with Gasteiger partial charge in [0.15, 0.2) is 0 Å². The lowest BCUT2D eigenvalue weighted by Gasteiger charge is -1.87. The highest BCUT2D eigenvalue weighted by Crippen LogP contribution is 1.93. The smallest absolute Gasteiger partial charge is 0.231 e. The van der Waals surface area contributed by atoms with Crippen molar-refractivity contribution in [1.82, 2.24) is 9.97 Å². The quantitative estimate of drug-likeness (QED) is 0.563. The molecular weight excluding hydrogens is 119 g/mol. The average molecular weight is 124 g/mol. The summed E-state index contributed by atoms with van der Waals surface area (Å²) in [6.07, 6.45) is 3.88. The first-order chi connectivity index (χ1) is 4.33. The number of hydrogen-bond donors (Lipinski definition) is 0. The van der Waals surface area contributed by atoms with Crippen LogP contribution in [0, 0.1) is 5.95 Å². The molecule has 0 fully saturated rings. The van der Waals surface area contributed by atoms with Crippen molar-refractivity contribution in [2.24, 2.45) is 0 Å². The Morgan fingerprint density at radius 1 is 1.44 bits per heavy atom. The number of rotatable bonds is 1. The van der Waals surface area contributed by atoms with Gasteiger partial charge in [-0.3, -0.25) is 4.98 Å². The molecule has 2 nitrogen and oxygen atoms in total. The molecular formula is C6H5FN2. The highest BCUT2D eigenvalue weighted by atomic mass is 19.1. The Morgan fingerprint density at radius 2 is 2.22 bits per heavy atom. The largest absolute Gasteiger partial charge is 0.251 e. The van der Waals surface area contributed by atoms with E-state index in [1.165, 1.54) is 12.3 Å². The topological polar surface area (TPSA) is 25.8 Å². The summed E-state index contributed by atoms with van der Waals surface area (Å²) in [6.45, 7) is 3.44. The van der Waals surface area contributed by atoms with Crippen molar-refractivity contribution in [3.63, 3.8) is 0 Å². The molecule has 0 bridgehead atoms. The van der Waals surface area contributed by atoms with Gasteiger partial charge in [0.05, 0.1) is 18.1 Å². The first kappa shape index (κ1) is 5.88. The molecule has 1 aromatic heterocycles. The first-order valence-electron chi connectivity index (χ1n) is 2.43. The summed E-state index contributed by atoms with van der Waals surface area (Å²) in [5.41, 5.74) is 0.580. The van der Waals surface area contributed by atoms with E-state index in [-0.39, 0.29) is 0 Å². The Labute approximate surface area is 52.1 Å². The maximum Gasteiger partial charge on any atom is 0.231 e. The number of halogens is 1. The standard InChI is InChI=1S/C6H5FN2/c1-2-5-3-9-6(7)4-8-5/h2-4H,1H2. The van der Waals surface area contributed by atoms with Gasteiger partial charge in [0.2, 0.25) is 5.95 Å². The van der Waals surface area contributed by atoms with Crippen LogP contribution in [0.1, 0.15) is 5.69 Å². The minimum absolute atomic E-state index is 0.569. The molecule has 0 aliphatic carbocycles. The molecule has 46 valence electrons. The normalized spacial score (nSPS) is 9.00. The first-order valence-corrected chi connectivity index (χ1v) is 2.43. The van der Waals surface area contributed by atoms with E-state index < -0.39 is 5.95 Å². The second kappa shape index (κ2) is 2.35. The third kappa shape index (κ3) is 1.32. The molecule has 1 rings (SSSR count). The van der Waals surface area contributed by atoms with Crippen molar-refractivity contribution in [2.75, 3.05) is 0 Å². The van der Waals surface area contributed by atoms with Gasteiger partial charge >= 0.3 is 0 Å². The van der Waals surface area contributed by atoms with Crippen molar-refractivity contribution < 1.29 is 4.39 Å². The molecule has 1 aromatic rings. The van der Waals surface area contributed by atoms with Crippen LogP contribution in [-0.2, 0) is 0 Å². The molecule has 0 spiro atoms. The van der Waals surface area contributed by atoms with Crippen LogP contribution in [0.15, 0.2) is 19.0 Å². The van der Waals surface area contributed by atoms with E-state index in [0.29, 0.717) is 5.69 Å². The summed E-state index contributed by atoms with van der Waals surface area (Å²) in [7, 11) is 0. The lowest BCUT2D eigenvalue weighted by Crippen LogP contribution is -1.85. The van der Waals surface area contributed by atoms with Gasteiger partial charge in [-0.25, -0.2) is 4.98 Å². The van der Waals surface area contributed by atoms with Gasteiger partial charge in [-0.15, -0.1) is 0 Å². The van der Waals surface area contributed by atoms with E-state index in [0.717, 1.165) is 6.20 Å². The maximum absolute atomic E-state index is 12.0. The number of nitrogens with zero attached hydrogens (tertiary/aromatic N) is 2. The SMILES string of the molecule is C=Cc1cnc(F)cn1. The number of aromatic nitrogens is 2. The molecule has 0 unspecified atom stereocenters. The summed E-state index contributed by atoms with van der Waals surface area (Å²) in [5, 5.41) is 0. The molecule has 3 heteroatoms. The minimum atomic E-state index is -0.569. The summed E-state index contributed by atoms with van der Waals surface area (Å²) < 4.78 is 12.0. The van der Waals surface area contributed by atoms with Crippen molar-refractivity contribution in [1.29, 1.82) is 0 Å². The van der Waals surface area contributed by atoms with Crippen LogP contribution in [-0.4, -0.2) is 9.97 Å². The van der Waals surface area contributed by atoms with Crippen molar-refractivity contribution in [3.8, 4) is 0 Å². The molecule has 0 N–H and O–H groups in total. The Bertz CT molecular complexity index is 205. The Kier molecular flexibility index (Phi) is 1.53. The predicted octanol–water partition coefficient (Wildman–Crippen LogP) is 1.26. The van der Waals surface area contributed by atoms with Gasteiger partial charge in [-0.2, -0.15) is 4.39 Å². The van der Waals surface area contributed by atoms with Crippen molar-refractivity contribution in [2.45, 2.75) is 0 Å². The Balaban J connectivity index is 3.01. The third-order valence-corrected chi connectivity index (χ3v) is 0.849. The highest BCUT2D eigenvalue weighted by Gasteiger charge is 1.88. The maximum atomic E-state index is 12.0.